The molecule has 2 unspecified atom stereocenters. The zero-order chi connectivity index (χ0) is 12.3. The van der Waals surface area contributed by atoms with E-state index in [1.54, 1.807) is 11.8 Å². The Hall–Kier alpha value is -1.00. The fraction of sp³-hybridized carbons (Fsp3) is 0.462. The van der Waals surface area contributed by atoms with Crippen molar-refractivity contribution in [2.24, 2.45) is 0 Å². The molecule has 0 spiro atoms. The first-order valence-corrected chi connectivity index (χ1v) is 6.84. The Morgan fingerprint density at radius 1 is 1.53 bits per heavy atom. The van der Waals surface area contributed by atoms with E-state index in [0.29, 0.717) is 13.0 Å². The van der Waals surface area contributed by atoms with Gasteiger partial charge in [-0.15, -0.1) is 0 Å². The molecule has 17 heavy (non-hydrogen) atoms. The molecule has 1 aliphatic rings. The highest BCUT2D eigenvalue weighted by atomic mass is 32.2. The van der Waals surface area contributed by atoms with Gasteiger partial charge in [0.1, 0.15) is 5.54 Å². The lowest BCUT2D eigenvalue weighted by atomic mass is 9.92. The van der Waals surface area contributed by atoms with E-state index in [2.05, 4.69) is 5.32 Å². The average molecular weight is 251 g/mol. The van der Waals surface area contributed by atoms with Crippen molar-refractivity contribution in [2.45, 2.75) is 30.7 Å². The number of carboxylic acids is 1. The van der Waals surface area contributed by atoms with Crippen molar-refractivity contribution in [1.29, 1.82) is 0 Å². The molecule has 0 amide bonds. The number of aliphatic carboxylic acids is 1. The average Bonchev–Trinajstić information content (AvgIpc) is 2.71. The van der Waals surface area contributed by atoms with Gasteiger partial charge in [0.2, 0.25) is 0 Å². The van der Waals surface area contributed by atoms with Gasteiger partial charge in [0, 0.05) is 11.8 Å². The Morgan fingerprint density at radius 2 is 2.24 bits per heavy atom. The van der Waals surface area contributed by atoms with Crippen molar-refractivity contribution in [2.75, 3.05) is 5.75 Å². The Balaban J connectivity index is 2.07. The lowest BCUT2D eigenvalue weighted by molar-refractivity contribution is -0.144. The first-order chi connectivity index (χ1) is 8.15. The van der Waals surface area contributed by atoms with Crippen molar-refractivity contribution < 1.29 is 9.90 Å². The first-order valence-electron chi connectivity index (χ1n) is 5.79. The van der Waals surface area contributed by atoms with Crippen molar-refractivity contribution in [1.82, 2.24) is 5.32 Å². The van der Waals surface area contributed by atoms with E-state index in [-0.39, 0.29) is 5.25 Å². The van der Waals surface area contributed by atoms with E-state index in [1.165, 1.54) is 0 Å². The van der Waals surface area contributed by atoms with Crippen LogP contribution >= 0.6 is 11.8 Å². The number of benzene rings is 1. The SMILES string of the molecule is CC1SCCC1(NCc1ccccc1)C(=O)O. The molecule has 1 aromatic carbocycles. The number of rotatable bonds is 4. The van der Waals surface area contributed by atoms with Crippen LogP contribution in [0.5, 0.6) is 0 Å². The minimum atomic E-state index is -0.763. The number of thioether (sulfide) groups is 1. The van der Waals surface area contributed by atoms with Gasteiger partial charge in [0.05, 0.1) is 0 Å². The third-order valence-corrected chi connectivity index (χ3v) is 4.73. The smallest absolute Gasteiger partial charge is 0.325 e. The van der Waals surface area contributed by atoms with Gasteiger partial charge in [-0.3, -0.25) is 10.1 Å². The zero-order valence-electron chi connectivity index (χ0n) is 9.85. The molecule has 4 heteroatoms. The minimum absolute atomic E-state index is 0.115. The Labute approximate surface area is 106 Å². The molecule has 2 atom stereocenters. The normalized spacial score (nSPS) is 28.2. The topological polar surface area (TPSA) is 49.3 Å². The fourth-order valence-electron chi connectivity index (χ4n) is 2.19. The maximum Gasteiger partial charge on any atom is 0.325 e. The van der Waals surface area contributed by atoms with Crippen LogP contribution in [0.1, 0.15) is 18.9 Å². The van der Waals surface area contributed by atoms with Crippen LogP contribution in [0.2, 0.25) is 0 Å². The van der Waals surface area contributed by atoms with Crippen molar-refractivity contribution >= 4 is 17.7 Å². The highest BCUT2D eigenvalue weighted by molar-refractivity contribution is 8.00. The molecule has 92 valence electrons. The zero-order valence-corrected chi connectivity index (χ0v) is 10.7. The molecule has 1 heterocycles. The van der Waals surface area contributed by atoms with E-state index in [4.69, 9.17) is 0 Å². The molecular weight excluding hydrogens is 234 g/mol. The second kappa shape index (κ2) is 5.10. The van der Waals surface area contributed by atoms with Crippen LogP contribution in [0.15, 0.2) is 30.3 Å². The molecule has 0 aliphatic carbocycles. The third kappa shape index (κ3) is 2.48. The molecule has 1 saturated heterocycles. The Kier molecular flexibility index (Phi) is 3.74. The predicted molar refractivity (Wildman–Crippen MR) is 70.2 cm³/mol. The molecule has 0 aromatic heterocycles. The number of carbonyl (C=O) groups is 1. The largest absolute Gasteiger partial charge is 0.480 e. The molecular formula is C13H17NO2S. The molecule has 2 N–H and O–H groups in total. The monoisotopic (exact) mass is 251 g/mol. The highest BCUT2D eigenvalue weighted by Crippen LogP contribution is 2.36. The Bertz CT molecular complexity index is 396. The molecule has 0 radical (unpaired) electrons. The molecule has 0 bridgehead atoms. The van der Waals surface area contributed by atoms with Crippen LogP contribution in [0.25, 0.3) is 0 Å². The van der Waals surface area contributed by atoms with Gasteiger partial charge in [-0.05, 0) is 17.7 Å². The summed E-state index contributed by atoms with van der Waals surface area (Å²) in [5, 5.41) is 12.8. The van der Waals surface area contributed by atoms with Gasteiger partial charge in [0.25, 0.3) is 0 Å². The lowest BCUT2D eigenvalue weighted by Gasteiger charge is -2.29. The second-order valence-electron chi connectivity index (χ2n) is 4.38. The summed E-state index contributed by atoms with van der Waals surface area (Å²) in [6, 6.07) is 9.92. The number of hydrogen-bond donors (Lipinski definition) is 2. The highest BCUT2D eigenvalue weighted by Gasteiger charge is 2.47. The van der Waals surface area contributed by atoms with E-state index in [9.17, 15) is 9.90 Å². The maximum atomic E-state index is 11.5. The predicted octanol–water partition coefficient (Wildman–Crippen LogP) is 2.12. The van der Waals surface area contributed by atoms with Gasteiger partial charge in [0.15, 0.2) is 0 Å². The Morgan fingerprint density at radius 3 is 2.76 bits per heavy atom. The van der Waals surface area contributed by atoms with E-state index in [1.807, 2.05) is 37.3 Å². The van der Waals surface area contributed by atoms with E-state index >= 15 is 0 Å². The summed E-state index contributed by atoms with van der Waals surface area (Å²) in [5.74, 6) is 0.181. The maximum absolute atomic E-state index is 11.5. The summed E-state index contributed by atoms with van der Waals surface area (Å²) >= 11 is 1.72. The quantitative estimate of drug-likeness (QED) is 0.860. The van der Waals surface area contributed by atoms with Crippen LogP contribution in [-0.2, 0) is 11.3 Å². The third-order valence-electron chi connectivity index (χ3n) is 3.39. The number of hydrogen-bond acceptors (Lipinski definition) is 3. The number of nitrogens with one attached hydrogen (secondary N) is 1. The molecule has 3 nitrogen and oxygen atoms in total. The molecule has 2 rings (SSSR count). The number of carboxylic acid groups (broad SMARTS) is 1. The van der Waals surface area contributed by atoms with Gasteiger partial charge in [-0.2, -0.15) is 11.8 Å². The lowest BCUT2D eigenvalue weighted by Crippen LogP contribution is -2.55. The van der Waals surface area contributed by atoms with Gasteiger partial charge in [-0.25, -0.2) is 0 Å². The summed E-state index contributed by atoms with van der Waals surface area (Å²) in [6.45, 7) is 2.60. The van der Waals surface area contributed by atoms with Crippen molar-refractivity contribution in [3.8, 4) is 0 Å². The fourth-order valence-corrected chi connectivity index (χ4v) is 3.57. The van der Waals surface area contributed by atoms with Crippen LogP contribution in [0, 0.1) is 0 Å². The molecule has 1 aromatic rings. The summed E-state index contributed by atoms with van der Waals surface area (Å²) in [6.07, 6.45) is 0.695. The van der Waals surface area contributed by atoms with Crippen LogP contribution in [0.4, 0.5) is 0 Å². The molecule has 0 saturated carbocycles. The second-order valence-corrected chi connectivity index (χ2v) is 5.83. The minimum Gasteiger partial charge on any atom is -0.480 e. The summed E-state index contributed by atoms with van der Waals surface area (Å²) in [5.41, 5.74) is 0.359. The van der Waals surface area contributed by atoms with Gasteiger partial charge < -0.3 is 5.11 Å². The van der Waals surface area contributed by atoms with Crippen molar-refractivity contribution in [3.63, 3.8) is 0 Å². The summed E-state index contributed by atoms with van der Waals surface area (Å²) in [4.78, 5) is 11.5. The van der Waals surface area contributed by atoms with E-state index < -0.39 is 11.5 Å². The first kappa shape index (κ1) is 12.5. The van der Waals surface area contributed by atoms with Gasteiger partial charge >= 0.3 is 5.97 Å². The summed E-state index contributed by atoms with van der Waals surface area (Å²) in [7, 11) is 0. The standard InChI is InChI=1S/C13H17NO2S/c1-10-13(12(15)16,7-8-17-10)14-9-11-5-3-2-4-6-11/h2-6,10,14H,7-9H2,1H3,(H,15,16). The van der Waals surface area contributed by atoms with Crippen LogP contribution < -0.4 is 5.32 Å². The van der Waals surface area contributed by atoms with Crippen LogP contribution in [0.3, 0.4) is 0 Å². The van der Waals surface area contributed by atoms with Crippen LogP contribution in [-0.4, -0.2) is 27.6 Å². The molecule has 1 aliphatic heterocycles. The van der Waals surface area contributed by atoms with E-state index in [0.717, 1.165) is 11.3 Å². The molecule has 1 fully saturated rings. The summed E-state index contributed by atoms with van der Waals surface area (Å²) < 4.78 is 0. The van der Waals surface area contributed by atoms with Gasteiger partial charge in [-0.1, -0.05) is 37.3 Å². The van der Waals surface area contributed by atoms with Crippen molar-refractivity contribution in [3.05, 3.63) is 35.9 Å².